The molecule has 0 bridgehead atoms. The van der Waals surface area contributed by atoms with Gasteiger partial charge in [-0.25, -0.2) is 0 Å². The van der Waals surface area contributed by atoms with Gasteiger partial charge in [-0.15, -0.1) is 11.8 Å². The van der Waals surface area contributed by atoms with E-state index in [9.17, 15) is 4.79 Å². The van der Waals surface area contributed by atoms with Crippen LogP contribution in [0, 0.1) is 0 Å². The summed E-state index contributed by atoms with van der Waals surface area (Å²) in [6.45, 7) is 0.628. The molecule has 0 N–H and O–H groups in total. The van der Waals surface area contributed by atoms with Crippen LogP contribution in [0.1, 0.15) is 6.42 Å². The molecule has 0 atom stereocenters. The Kier molecular flexibility index (Phi) is 4.81. The van der Waals surface area contributed by atoms with Gasteiger partial charge >= 0.3 is 0 Å². The molecule has 2 aromatic carbocycles. The van der Waals surface area contributed by atoms with Crippen molar-refractivity contribution in [3.63, 3.8) is 0 Å². The van der Waals surface area contributed by atoms with Crippen molar-refractivity contribution in [3.05, 3.63) is 71.1 Å². The van der Waals surface area contributed by atoms with Crippen molar-refractivity contribution < 1.29 is 9.15 Å². The highest BCUT2D eigenvalue weighted by molar-refractivity contribution is 7.99. The first kappa shape index (κ1) is 14.7. The van der Waals surface area contributed by atoms with Gasteiger partial charge in [0.15, 0.2) is 5.43 Å². The van der Waals surface area contributed by atoms with Gasteiger partial charge in [-0.05, 0) is 36.8 Å². The first-order valence-electron chi connectivity index (χ1n) is 7.15. The molecule has 112 valence electrons. The average Bonchev–Trinajstić information content (AvgIpc) is 2.56. The van der Waals surface area contributed by atoms with E-state index >= 15 is 0 Å². The highest BCUT2D eigenvalue weighted by Crippen LogP contribution is 2.20. The fourth-order valence-corrected chi connectivity index (χ4v) is 2.96. The number of rotatable bonds is 6. The zero-order chi connectivity index (χ0) is 15.2. The van der Waals surface area contributed by atoms with Gasteiger partial charge in [0.1, 0.15) is 11.3 Å². The van der Waals surface area contributed by atoms with E-state index < -0.39 is 0 Å². The molecule has 3 aromatic rings. The van der Waals surface area contributed by atoms with Crippen molar-refractivity contribution in [3.8, 4) is 5.75 Å². The number of hydrogen-bond donors (Lipinski definition) is 0. The minimum atomic E-state index is -0.0497. The Morgan fingerprint density at radius 2 is 1.91 bits per heavy atom. The van der Waals surface area contributed by atoms with Gasteiger partial charge in [-0.1, -0.05) is 18.2 Å². The van der Waals surface area contributed by atoms with Gasteiger partial charge in [0.25, 0.3) is 0 Å². The summed E-state index contributed by atoms with van der Waals surface area (Å²) < 4.78 is 11.0. The third kappa shape index (κ3) is 3.71. The third-order valence-electron chi connectivity index (χ3n) is 3.20. The van der Waals surface area contributed by atoms with E-state index in [1.807, 2.05) is 36.0 Å². The highest BCUT2D eigenvalue weighted by Gasteiger charge is 2.02. The van der Waals surface area contributed by atoms with E-state index in [1.54, 1.807) is 12.1 Å². The predicted molar refractivity (Wildman–Crippen MR) is 89.8 cm³/mol. The first-order valence-corrected chi connectivity index (χ1v) is 8.14. The lowest BCUT2D eigenvalue weighted by molar-refractivity contribution is 0.319. The molecule has 0 saturated heterocycles. The van der Waals surface area contributed by atoms with E-state index in [2.05, 4.69) is 12.1 Å². The SMILES string of the molecule is O=c1ccoc2ccc(OCCCSc3ccccc3)cc12. The van der Waals surface area contributed by atoms with Crippen LogP contribution >= 0.6 is 11.8 Å². The van der Waals surface area contributed by atoms with Crippen LogP contribution in [0.15, 0.2) is 75.0 Å². The first-order chi connectivity index (χ1) is 10.8. The van der Waals surface area contributed by atoms with Crippen molar-refractivity contribution in [2.75, 3.05) is 12.4 Å². The largest absolute Gasteiger partial charge is 0.494 e. The molecule has 0 unspecified atom stereocenters. The average molecular weight is 312 g/mol. The van der Waals surface area contributed by atoms with Crippen LogP contribution in [0.3, 0.4) is 0 Å². The van der Waals surface area contributed by atoms with Gasteiger partial charge in [-0.2, -0.15) is 0 Å². The minimum absolute atomic E-state index is 0.0497. The lowest BCUT2D eigenvalue weighted by Crippen LogP contribution is -2.01. The lowest BCUT2D eigenvalue weighted by Gasteiger charge is -2.06. The quantitative estimate of drug-likeness (QED) is 0.501. The lowest BCUT2D eigenvalue weighted by atomic mass is 10.2. The van der Waals surface area contributed by atoms with Crippen LogP contribution in [0.25, 0.3) is 11.0 Å². The Morgan fingerprint density at radius 1 is 1.05 bits per heavy atom. The molecule has 1 heterocycles. The molecule has 1 aromatic heterocycles. The minimum Gasteiger partial charge on any atom is -0.494 e. The molecule has 0 amide bonds. The topological polar surface area (TPSA) is 39.4 Å². The van der Waals surface area contributed by atoms with E-state index in [4.69, 9.17) is 9.15 Å². The van der Waals surface area contributed by atoms with E-state index in [-0.39, 0.29) is 5.43 Å². The Balaban J connectivity index is 1.51. The summed E-state index contributed by atoms with van der Waals surface area (Å²) in [7, 11) is 0. The maximum atomic E-state index is 11.7. The van der Waals surface area contributed by atoms with Gasteiger partial charge in [0.05, 0.1) is 18.3 Å². The third-order valence-corrected chi connectivity index (χ3v) is 4.30. The molecule has 3 rings (SSSR count). The summed E-state index contributed by atoms with van der Waals surface area (Å²) in [5.41, 5.74) is 0.533. The predicted octanol–water partition coefficient (Wildman–Crippen LogP) is 4.35. The van der Waals surface area contributed by atoms with Gasteiger partial charge in [-0.3, -0.25) is 4.79 Å². The van der Waals surface area contributed by atoms with Gasteiger partial charge in [0.2, 0.25) is 0 Å². The van der Waals surface area contributed by atoms with Crippen molar-refractivity contribution in [2.24, 2.45) is 0 Å². The molecule has 22 heavy (non-hydrogen) atoms. The number of fused-ring (bicyclic) bond motifs is 1. The molecule has 0 radical (unpaired) electrons. The summed E-state index contributed by atoms with van der Waals surface area (Å²) in [5.74, 6) is 1.70. The second kappa shape index (κ2) is 7.18. The molecular weight excluding hydrogens is 296 g/mol. The van der Waals surface area contributed by atoms with Crippen LogP contribution in [-0.2, 0) is 0 Å². The maximum Gasteiger partial charge on any atom is 0.192 e. The normalized spacial score (nSPS) is 10.7. The Hall–Kier alpha value is -2.20. The van der Waals surface area contributed by atoms with Crippen molar-refractivity contribution in [1.82, 2.24) is 0 Å². The summed E-state index contributed by atoms with van der Waals surface area (Å²) in [6.07, 6.45) is 2.35. The van der Waals surface area contributed by atoms with Crippen LogP contribution in [-0.4, -0.2) is 12.4 Å². The Labute approximate surface area is 132 Å². The zero-order valence-electron chi connectivity index (χ0n) is 12.0. The van der Waals surface area contributed by atoms with Crippen molar-refractivity contribution >= 4 is 22.7 Å². The van der Waals surface area contributed by atoms with E-state index in [1.165, 1.54) is 17.2 Å². The Bertz CT molecular complexity index is 796. The fraction of sp³-hybridized carbons (Fsp3) is 0.167. The summed E-state index contributed by atoms with van der Waals surface area (Å²) >= 11 is 1.82. The molecule has 0 aliphatic carbocycles. The van der Waals surface area contributed by atoms with E-state index in [0.717, 1.165) is 12.2 Å². The number of thioether (sulfide) groups is 1. The van der Waals surface area contributed by atoms with Crippen molar-refractivity contribution in [2.45, 2.75) is 11.3 Å². The molecule has 0 fully saturated rings. The summed E-state index contributed by atoms with van der Waals surface area (Å²) in [5, 5.41) is 0.554. The monoisotopic (exact) mass is 312 g/mol. The Morgan fingerprint density at radius 3 is 2.77 bits per heavy atom. The van der Waals surface area contributed by atoms with Gasteiger partial charge < -0.3 is 9.15 Å². The molecule has 0 aliphatic rings. The van der Waals surface area contributed by atoms with Crippen LogP contribution in [0.2, 0.25) is 0 Å². The second-order valence-electron chi connectivity index (χ2n) is 4.81. The number of hydrogen-bond acceptors (Lipinski definition) is 4. The summed E-state index contributed by atoms with van der Waals surface area (Å²) in [6, 6.07) is 17.1. The molecule has 0 spiro atoms. The molecule has 4 heteroatoms. The fourth-order valence-electron chi connectivity index (χ4n) is 2.11. The zero-order valence-corrected chi connectivity index (χ0v) is 12.8. The second-order valence-corrected chi connectivity index (χ2v) is 5.97. The van der Waals surface area contributed by atoms with Crippen LogP contribution < -0.4 is 10.2 Å². The smallest absolute Gasteiger partial charge is 0.192 e. The van der Waals surface area contributed by atoms with Gasteiger partial charge in [0, 0.05) is 16.7 Å². The summed E-state index contributed by atoms with van der Waals surface area (Å²) in [4.78, 5) is 13.0. The standard InChI is InChI=1S/C18H16O3S/c19-17-9-11-21-18-8-7-14(13-16(17)18)20-10-4-12-22-15-5-2-1-3-6-15/h1-3,5-9,11,13H,4,10,12H2. The van der Waals surface area contributed by atoms with Crippen LogP contribution in [0.5, 0.6) is 5.75 Å². The van der Waals surface area contributed by atoms with Crippen molar-refractivity contribution in [1.29, 1.82) is 0 Å². The number of ether oxygens (including phenoxy) is 1. The molecular formula is C18H16O3S. The number of benzene rings is 2. The molecule has 0 aliphatic heterocycles. The maximum absolute atomic E-state index is 11.7. The molecule has 3 nitrogen and oxygen atoms in total. The van der Waals surface area contributed by atoms with E-state index in [0.29, 0.717) is 23.3 Å². The highest BCUT2D eigenvalue weighted by atomic mass is 32.2. The molecule has 0 saturated carbocycles. The van der Waals surface area contributed by atoms with Crippen LogP contribution in [0.4, 0.5) is 0 Å².